The quantitative estimate of drug-likeness (QED) is 0.588. The highest BCUT2D eigenvalue weighted by molar-refractivity contribution is 7.94. The number of hydrogen-bond donors (Lipinski definition) is 2. The molecular formula is C13H24ClN3O5S3. The molecule has 0 aromatic carbocycles. The lowest BCUT2D eigenvalue weighted by molar-refractivity contribution is 0.189. The highest BCUT2D eigenvalue weighted by Gasteiger charge is 2.39. The van der Waals surface area contributed by atoms with Gasteiger partial charge in [-0.25, -0.2) is 22.0 Å². The molecule has 0 fully saturated rings. The van der Waals surface area contributed by atoms with Crippen LogP contribution >= 0.6 is 23.7 Å². The lowest BCUT2D eigenvalue weighted by Gasteiger charge is -2.32. The minimum absolute atomic E-state index is 0. The molecule has 0 unspecified atom stereocenters. The van der Waals surface area contributed by atoms with Crippen LogP contribution in [0.2, 0.25) is 0 Å². The average Bonchev–Trinajstić information content (AvgIpc) is 2.95. The predicted molar refractivity (Wildman–Crippen MR) is 99.2 cm³/mol. The summed E-state index contributed by atoms with van der Waals surface area (Å²) in [6, 6.07) is 1.13. The number of fused-ring (bicyclic) bond motifs is 1. The Hall–Kier alpha value is -0.270. The Kier molecular flexibility index (Phi) is 8.28. The zero-order valence-corrected chi connectivity index (χ0v) is 17.4. The molecule has 0 amide bonds. The van der Waals surface area contributed by atoms with Gasteiger partial charge in [0.25, 0.3) is 10.0 Å². The molecule has 0 aliphatic carbocycles. The van der Waals surface area contributed by atoms with E-state index in [0.717, 1.165) is 17.8 Å². The molecule has 0 saturated heterocycles. The SMILES string of the molecule is CCN[C@H]1CN(CCCCOC)S(=O)(=O)c2sc(S(N)(=O)=O)cc21.Cl. The Morgan fingerprint density at radius 1 is 1.44 bits per heavy atom. The van der Waals surface area contributed by atoms with Gasteiger partial charge in [-0.3, -0.25) is 0 Å². The summed E-state index contributed by atoms with van der Waals surface area (Å²) in [5, 5.41) is 8.38. The summed E-state index contributed by atoms with van der Waals surface area (Å²) in [5.74, 6) is 0. The van der Waals surface area contributed by atoms with Crippen molar-refractivity contribution in [3.8, 4) is 0 Å². The third-order valence-corrected chi connectivity index (χ3v) is 8.74. The molecule has 0 spiro atoms. The summed E-state index contributed by atoms with van der Waals surface area (Å²) in [5.41, 5.74) is 0.485. The number of nitrogens with one attached hydrogen (secondary N) is 1. The maximum absolute atomic E-state index is 12.8. The van der Waals surface area contributed by atoms with Crippen LogP contribution in [-0.4, -0.2) is 54.5 Å². The fourth-order valence-corrected chi connectivity index (χ4v) is 6.94. The molecule has 2 heterocycles. The van der Waals surface area contributed by atoms with E-state index in [-0.39, 0.29) is 33.4 Å². The zero-order valence-electron chi connectivity index (χ0n) is 14.1. The Labute approximate surface area is 159 Å². The van der Waals surface area contributed by atoms with Crippen LogP contribution in [0.4, 0.5) is 0 Å². The summed E-state index contributed by atoms with van der Waals surface area (Å²) < 4.78 is 55.1. The van der Waals surface area contributed by atoms with Gasteiger partial charge in [0.15, 0.2) is 0 Å². The number of hydrogen-bond acceptors (Lipinski definition) is 7. The molecular weight excluding hydrogens is 410 g/mol. The van der Waals surface area contributed by atoms with Gasteiger partial charge in [0.05, 0.1) is 0 Å². The van der Waals surface area contributed by atoms with E-state index < -0.39 is 20.0 Å². The van der Waals surface area contributed by atoms with Crippen LogP contribution in [-0.2, 0) is 24.8 Å². The molecule has 1 aromatic rings. The van der Waals surface area contributed by atoms with Gasteiger partial charge in [-0.1, -0.05) is 6.92 Å². The smallest absolute Gasteiger partial charge is 0.252 e. The van der Waals surface area contributed by atoms with E-state index in [1.807, 2.05) is 6.92 Å². The maximum atomic E-state index is 12.8. The summed E-state index contributed by atoms with van der Waals surface area (Å²) >= 11 is 0.719. The molecule has 12 heteroatoms. The number of nitrogens with two attached hydrogens (primary N) is 1. The highest BCUT2D eigenvalue weighted by Crippen LogP contribution is 2.39. The number of thiophene rings is 1. The fraction of sp³-hybridized carbons (Fsp3) is 0.692. The molecule has 1 aliphatic heterocycles. The standard InChI is InChI=1S/C13H23N3O5S3.ClH/c1-3-15-11-9-16(6-4-5-7-21-2)24(19,20)13-10(11)8-12(22-13)23(14,17)18;/h8,11,15H,3-7,9H2,1-2H3,(H2,14,17,18);1H/t11-;/m0./s1. The molecule has 1 atom stereocenters. The molecule has 2 rings (SSSR count). The van der Waals surface area contributed by atoms with Crippen molar-refractivity contribution >= 4 is 43.8 Å². The van der Waals surface area contributed by atoms with Gasteiger partial charge in [0.2, 0.25) is 10.0 Å². The minimum Gasteiger partial charge on any atom is -0.385 e. The second kappa shape index (κ2) is 9.09. The van der Waals surface area contributed by atoms with Crippen molar-refractivity contribution in [2.45, 2.75) is 34.2 Å². The van der Waals surface area contributed by atoms with Crippen molar-refractivity contribution in [1.29, 1.82) is 0 Å². The number of primary sulfonamides is 1. The van der Waals surface area contributed by atoms with Gasteiger partial charge in [0.1, 0.15) is 8.42 Å². The van der Waals surface area contributed by atoms with Crippen molar-refractivity contribution in [3.05, 3.63) is 11.6 Å². The molecule has 25 heavy (non-hydrogen) atoms. The lowest BCUT2D eigenvalue weighted by atomic mass is 10.1. The first-order valence-corrected chi connectivity index (χ1v) is 11.4. The van der Waals surface area contributed by atoms with Gasteiger partial charge in [-0.15, -0.1) is 23.7 Å². The maximum Gasteiger partial charge on any atom is 0.252 e. The van der Waals surface area contributed by atoms with E-state index >= 15 is 0 Å². The third kappa shape index (κ3) is 5.13. The zero-order chi connectivity index (χ0) is 18.0. The number of methoxy groups -OCH3 is 1. The van der Waals surface area contributed by atoms with Crippen LogP contribution in [0.15, 0.2) is 14.5 Å². The molecule has 146 valence electrons. The Balaban J connectivity index is 0.00000312. The first-order chi connectivity index (χ1) is 11.2. The molecule has 1 aromatic heterocycles. The van der Waals surface area contributed by atoms with Crippen LogP contribution in [0.3, 0.4) is 0 Å². The molecule has 0 bridgehead atoms. The van der Waals surface area contributed by atoms with Crippen molar-refractivity contribution < 1.29 is 21.6 Å². The Morgan fingerprint density at radius 2 is 2.12 bits per heavy atom. The normalized spacial score (nSPS) is 20.0. The van der Waals surface area contributed by atoms with E-state index in [2.05, 4.69) is 5.32 Å². The first-order valence-electron chi connectivity index (χ1n) is 7.60. The number of ether oxygens (including phenoxy) is 1. The van der Waals surface area contributed by atoms with E-state index in [1.54, 1.807) is 7.11 Å². The topological polar surface area (TPSA) is 119 Å². The molecule has 1 aliphatic rings. The van der Waals surface area contributed by atoms with Crippen LogP contribution in [0.25, 0.3) is 0 Å². The van der Waals surface area contributed by atoms with E-state index in [9.17, 15) is 16.8 Å². The fourth-order valence-electron chi connectivity index (χ4n) is 2.63. The summed E-state index contributed by atoms with van der Waals surface area (Å²) in [6.45, 7) is 3.78. The lowest BCUT2D eigenvalue weighted by Crippen LogP contribution is -2.43. The van der Waals surface area contributed by atoms with Crippen LogP contribution in [0.5, 0.6) is 0 Å². The number of likely N-dealkylation sites (N-methyl/N-ethyl adjacent to an activating group) is 1. The Bertz CT molecular complexity index is 779. The van der Waals surface area contributed by atoms with Crippen molar-refractivity contribution in [2.75, 3.05) is 33.4 Å². The summed E-state index contributed by atoms with van der Waals surface area (Å²) in [7, 11) is -6.04. The van der Waals surface area contributed by atoms with Gasteiger partial charge in [-0.2, -0.15) is 4.31 Å². The highest BCUT2D eigenvalue weighted by atomic mass is 35.5. The van der Waals surface area contributed by atoms with E-state index in [4.69, 9.17) is 9.88 Å². The van der Waals surface area contributed by atoms with Crippen LogP contribution in [0, 0.1) is 0 Å². The predicted octanol–water partition coefficient (Wildman–Crippen LogP) is 0.899. The number of sulfonamides is 2. The minimum atomic E-state index is -3.94. The first kappa shape index (κ1) is 22.8. The van der Waals surface area contributed by atoms with Crippen molar-refractivity contribution in [3.63, 3.8) is 0 Å². The average molecular weight is 434 g/mol. The molecule has 3 N–H and O–H groups in total. The van der Waals surface area contributed by atoms with Crippen LogP contribution < -0.4 is 10.5 Å². The second-order valence-corrected chi connectivity index (χ2v) is 10.5. The molecule has 0 radical (unpaired) electrons. The van der Waals surface area contributed by atoms with E-state index in [0.29, 0.717) is 31.7 Å². The number of halogens is 1. The summed E-state index contributed by atoms with van der Waals surface area (Å²) in [6.07, 6.45) is 1.43. The Morgan fingerprint density at radius 3 is 2.68 bits per heavy atom. The van der Waals surface area contributed by atoms with Crippen LogP contribution in [0.1, 0.15) is 31.4 Å². The van der Waals surface area contributed by atoms with Gasteiger partial charge in [-0.05, 0) is 25.5 Å². The monoisotopic (exact) mass is 433 g/mol. The van der Waals surface area contributed by atoms with Crippen molar-refractivity contribution in [1.82, 2.24) is 9.62 Å². The summed E-state index contributed by atoms with van der Waals surface area (Å²) in [4.78, 5) is 0. The van der Waals surface area contributed by atoms with E-state index in [1.165, 1.54) is 10.4 Å². The van der Waals surface area contributed by atoms with Gasteiger partial charge in [0, 0.05) is 38.4 Å². The number of nitrogens with zero attached hydrogens (tertiary/aromatic N) is 1. The molecule has 8 nitrogen and oxygen atoms in total. The third-order valence-electron chi connectivity index (χ3n) is 3.78. The van der Waals surface area contributed by atoms with Crippen molar-refractivity contribution in [2.24, 2.45) is 5.14 Å². The van der Waals surface area contributed by atoms with Gasteiger partial charge < -0.3 is 10.1 Å². The second-order valence-electron chi connectivity index (χ2n) is 5.53. The molecule has 0 saturated carbocycles. The number of rotatable bonds is 8. The van der Waals surface area contributed by atoms with Gasteiger partial charge >= 0.3 is 0 Å². The number of unbranched alkanes of at least 4 members (excludes halogenated alkanes) is 1. The largest absolute Gasteiger partial charge is 0.385 e.